The monoisotopic (exact) mass is 657 g/mol. The van der Waals surface area contributed by atoms with Crippen LogP contribution >= 0.6 is 0 Å². The van der Waals surface area contributed by atoms with E-state index < -0.39 is 6.16 Å². The molecule has 0 aromatic rings. The van der Waals surface area contributed by atoms with Crippen LogP contribution in [0.1, 0.15) is 206 Å². The van der Waals surface area contributed by atoms with E-state index >= 15 is 0 Å². The number of nitrogens with zero attached hydrogens (tertiary/aromatic N) is 2. The summed E-state index contributed by atoms with van der Waals surface area (Å²) in [5.41, 5.74) is 0. The van der Waals surface area contributed by atoms with Gasteiger partial charge in [-0.15, -0.1) is 0 Å². The summed E-state index contributed by atoms with van der Waals surface area (Å²) in [4.78, 5) is 8.33. The molecule has 0 saturated carbocycles. The molecule has 0 spiro atoms. The van der Waals surface area contributed by atoms with Gasteiger partial charge in [-0.2, -0.15) is 0 Å². The van der Waals surface area contributed by atoms with Crippen molar-refractivity contribution in [3.8, 4) is 0 Å². The average molecular weight is 657 g/mol. The second-order valence-corrected chi connectivity index (χ2v) is 16.2. The number of rotatable bonds is 32. The highest BCUT2D eigenvalue weighted by Crippen LogP contribution is 2.15. The van der Waals surface area contributed by atoms with Crippen molar-refractivity contribution in [1.82, 2.24) is 0 Å². The van der Waals surface area contributed by atoms with Crippen LogP contribution in [0.5, 0.6) is 0 Å². The number of hydrogen-bond acceptors (Lipinski definition) is 3. The molecule has 280 valence electrons. The van der Waals surface area contributed by atoms with Crippen molar-refractivity contribution in [3.63, 3.8) is 0 Å². The smallest absolute Gasteiger partial charge is 0.0780 e. The molecule has 5 nitrogen and oxygen atoms in total. The van der Waals surface area contributed by atoms with Crippen LogP contribution in [0.2, 0.25) is 0 Å². The minimum Gasteiger partial charge on any atom is -0.652 e. The maximum Gasteiger partial charge on any atom is 0.0780 e. The fourth-order valence-corrected chi connectivity index (χ4v) is 5.91. The zero-order valence-electron chi connectivity index (χ0n) is 33.2. The highest BCUT2D eigenvalue weighted by Gasteiger charge is 2.06. The molecular weight excluding hydrogens is 568 g/mol. The predicted molar refractivity (Wildman–Crippen MR) is 201 cm³/mol. The molecule has 0 saturated heterocycles. The lowest BCUT2D eigenvalue weighted by atomic mass is 10.0. The Morgan fingerprint density at radius 2 is 0.457 bits per heavy atom. The minimum atomic E-state index is -2.33. The Balaban J connectivity index is -0.000000719. The van der Waals surface area contributed by atoms with E-state index in [0.29, 0.717) is 0 Å². The Labute approximate surface area is 291 Å². The number of quaternary nitrogens is 2. The van der Waals surface area contributed by atoms with E-state index in [2.05, 4.69) is 56.1 Å². The number of unbranched alkanes of at least 4 members (excludes halogenated alkanes) is 28. The third-order valence-corrected chi connectivity index (χ3v) is 8.86. The van der Waals surface area contributed by atoms with E-state index in [1.54, 1.807) is 0 Å². The molecular formula is C41H88N2O3. The van der Waals surface area contributed by atoms with Gasteiger partial charge in [0.2, 0.25) is 0 Å². The summed E-state index contributed by atoms with van der Waals surface area (Å²) in [6, 6.07) is 0. The summed E-state index contributed by atoms with van der Waals surface area (Å²) in [6.07, 6.45) is 41.4. The minimum absolute atomic E-state index is 1.12. The summed E-state index contributed by atoms with van der Waals surface area (Å²) < 4.78 is 2.25. The van der Waals surface area contributed by atoms with Crippen LogP contribution in [0.4, 0.5) is 4.79 Å². The SMILES string of the molecule is CCCCCCCCCCCCCCCCC[N+](C)(C)C.CCCCCCCCCCCCCCCCC[N+](C)(C)C.O=C([O-])[O-]. The molecule has 0 unspecified atom stereocenters. The van der Waals surface area contributed by atoms with Gasteiger partial charge in [0.25, 0.3) is 0 Å². The topological polar surface area (TPSA) is 63.2 Å². The summed E-state index contributed by atoms with van der Waals surface area (Å²) in [7, 11) is 13.8. The fourth-order valence-electron chi connectivity index (χ4n) is 5.91. The molecule has 0 amide bonds. The molecule has 0 rings (SSSR count). The highest BCUT2D eigenvalue weighted by molar-refractivity contribution is 5.47. The van der Waals surface area contributed by atoms with Crippen LogP contribution in [0, 0.1) is 0 Å². The second-order valence-electron chi connectivity index (χ2n) is 16.2. The van der Waals surface area contributed by atoms with Crippen molar-refractivity contribution >= 4 is 6.16 Å². The van der Waals surface area contributed by atoms with Crippen molar-refractivity contribution in [2.45, 2.75) is 206 Å². The van der Waals surface area contributed by atoms with E-state index in [-0.39, 0.29) is 0 Å². The summed E-state index contributed by atoms with van der Waals surface area (Å²) in [6.45, 7) is 7.25. The molecule has 0 aromatic carbocycles. The predicted octanol–water partition coefficient (Wildman–Crippen LogP) is 10.7. The van der Waals surface area contributed by atoms with Crippen LogP contribution < -0.4 is 10.2 Å². The summed E-state index contributed by atoms with van der Waals surface area (Å²) >= 11 is 0. The van der Waals surface area contributed by atoms with Crippen LogP contribution in [0.15, 0.2) is 0 Å². The van der Waals surface area contributed by atoms with E-state index in [1.165, 1.54) is 206 Å². The maximum absolute atomic E-state index is 8.33. The van der Waals surface area contributed by atoms with E-state index in [9.17, 15) is 0 Å². The third kappa shape index (κ3) is 62.1. The molecule has 46 heavy (non-hydrogen) atoms. The van der Waals surface area contributed by atoms with E-state index in [4.69, 9.17) is 15.0 Å². The lowest BCUT2D eigenvalue weighted by Crippen LogP contribution is -2.37. The molecule has 0 fully saturated rings. The first kappa shape index (κ1) is 49.6. The maximum atomic E-state index is 8.33. The van der Waals surface area contributed by atoms with Crippen LogP contribution in [-0.2, 0) is 0 Å². The lowest BCUT2D eigenvalue weighted by Gasteiger charge is -2.23. The van der Waals surface area contributed by atoms with Gasteiger partial charge < -0.3 is 24.0 Å². The number of carbonyl (C=O) groups excluding carboxylic acids is 1. The Kier molecular flexibility index (Phi) is 41.6. The van der Waals surface area contributed by atoms with Crippen molar-refractivity contribution in [2.24, 2.45) is 0 Å². The standard InChI is InChI=1S/2C20H44N.CH2O3/c2*1-5-6-7-8-9-10-11-12-13-14-15-16-17-18-19-20-21(2,3)4;2-1(3)4/h2*5-20H2,1-4H3;(H2,2,3,4)/q2*+1;/p-2. The Bertz CT molecular complexity index is 521. The zero-order chi connectivity index (χ0) is 35.2. The van der Waals surface area contributed by atoms with Gasteiger partial charge >= 0.3 is 0 Å². The molecule has 0 aliphatic carbocycles. The molecule has 0 heterocycles. The molecule has 0 atom stereocenters. The molecule has 5 heteroatoms. The first-order valence-electron chi connectivity index (χ1n) is 20.3. The Morgan fingerprint density at radius 1 is 0.326 bits per heavy atom. The van der Waals surface area contributed by atoms with Gasteiger partial charge in [-0.3, -0.25) is 0 Å². The van der Waals surface area contributed by atoms with E-state index in [1.807, 2.05) is 0 Å². The summed E-state index contributed by atoms with van der Waals surface area (Å²) in [5, 5.41) is 16.7. The van der Waals surface area contributed by atoms with Gasteiger partial charge in [-0.1, -0.05) is 181 Å². The third-order valence-electron chi connectivity index (χ3n) is 8.86. The van der Waals surface area contributed by atoms with Crippen molar-refractivity contribution < 1.29 is 24.0 Å². The first-order valence-corrected chi connectivity index (χ1v) is 20.3. The molecule has 0 N–H and O–H groups in total. The molecule has 0 radical (unpaired) electrons. The highest BCUT2D eigenvalue weighted by atomic mass is 16.6. The van der Waals surface area contributed by atoms with Crippen LogP contribution in [-0.4, -0.2) is 70.5 Å². The molecule has 0 aliphatic rings. The number of hydrogen-bond donors (Lipinski definition) is 0. The first-order chi connectivity index (χ1) is 21.9. The lowest BCUT2D eigenvalue weighted by molar-refractivity contribution is -0.870. The molecule has 0 aromatic heterocycles. The van der Waals surface area contributed by atoms with Gasteiger partial charge in [0.15, 0.2) is 0 Å². The molecule has 0 aliphatic heterocycles. The van der Waals surface area contributed by atoms with Crippen molar-refractivity contribution in [2.75, 3.05) is 55.4 Å². The van der Waals surface area contributed by atoms with E-state index in [0.717, 1.165) is 8.97 Å². The Hall–Kier alpha value is -0.810. The van der Waals surface area contributed by atoms with Gasteiger partial charge in [-0.05, 0) is 31.8 Å². The molecule has 0 bridgehead atoms. The van der Waals surface area contributed by atoms with Gasteiger partial charge in [-0.25, -0.2) is 0 Å². The Morgan fingerprint density at radius 3 is 0.587 bits per heavy atom. The number of carboxylic acid groups (broad SMARTS) is 2. The van der Waals surface area contributed by atoms with Gasteiger partial charge in [0.05, 0.1) is 55.4 Å². The normalized spacial score (nSPS) is 11.5. The van der Waals surface area contributed by atoms with Gasteiger partial charge in [0.1, 0.15) is 0 Å². The van der Waals surface area contributed by atoms with Gasteiger partial charge in [0, 0.05) is 0 Å². The van der Waals surface area contributed by atoms with Crippen LogP contribution in [0.3, 0.4) is 0 Å². The fraction of sp³-hybridized carbons (Fsp3) is 0.976. The van der Waals surface area contributed by atoms with Crippen LogP contribution in [0.25, 0.3) is 0 Å². The second kappa shape index (κ2) is 38.6. The van der Waals surface area contributed by atoms with Crippen molar-refractivity contribution in [3.05, 3.63) is 0 Å². The zero-order valence-corrected chi connectivity index (χ0v) is 33.2. The van der Waals surface area contributed by atoms with Crippen molar-refractivity contribution in [1.29, 1.82) is 0 Å². The number of carbonyl (C=O) groups is 1. The quantitative estimate of drug-likeness (QED) is 0.0534. The largest absolute Gasteiger partial charge is 0.652 e. The summed E-state index contributed by atoms with van der Waals surface area (Å²) in [5.74, 6) is 0. The average Bonchev–Trinajstić information content (AvgIpc) is 2.96.